The molecule has 1 nitrogen and oxygen atoms in total. The maximum absolute atomic E-state index is 3.78. The van der Waals surface area contributed by atoms with Gasteiger partial charge in [0.2, 0.25) is 0 Å². The van der Waals surface area contributed by atoms with E-state index >= 15 is 0 Å². The number of allylic oxidation sites excluding steroid dienone is 5. The van der Waals surface area contributed by atoms with Gasteiger partial charge in [0.25, 0.3) is 0 Å². The van der Waals surface area contributed by atoms with Gasteiger partial charge in [-0.2, -0.15) is 0 Å². The summed E-state index contributed by atoms with van der Waals surface area (Å²) in [4.78, 5) is 0. The predicted molar refractivity (Wildman–Crippen MR) is 81.0 cm³/mol. The second kappa shape index (κ2) is 12.6. The zero-order valence-corrected chi connectivity index (χ0v) is 12.2. The lowest BCUT2D eigenvalue weighted by atomic mass is 10.3. The molecule has 0 aromatic carbocycles. The standard InChI is InChI=1S/C12H15N.2C2H6/c1-4-12(8-7-11(2)3)13-9-5-6-10-13;2*1-2/h4-10H,1H2,2-3H3;2*1-2H3/b12-8+;;. The van der Waals surface area contributed by atoms with Crippen molar-refractivity contribution in [3.05, 3.63) is 54.9 Å². The molecule has 0 fully saturated rings. The summed E-state index contributed by atoms with van der Waals surface area (Å²) in [6, 6.07) is 4.00. The highest BCUT2D eigenvalue weighted by Gasteiger charge is 1.90. The van der Waals surface area contributed by atoms with Gasteiger partial charge >= 0.3 is 0 Å². The zero-order valence-electron chi connectivity index (χ0n) is 12.2. The van der Waals surface area contributed by atoms with Gasteiger partial charge in [-0.05, 0) is 38.1 Å². The Morgan fingerprint density at radius 2 is 1.41 bits per heavy atom. The molecular weight excluding hydrogens is 206 g/mol. The molecule has 1 aromatic rings. The molecule has 0 spiro atoms. The van der Waals surface area contributed by atoms with Crippen LogP contribution in [0.1, 0.15) is 41.5 Å². The van der Waals surface area contributed by atoms with Crippen molar-refractivity contribution in [2.45, 2.75) is 41.5 Å². The second-order valence-electron chi connectivity index (χ2n) is 3.13. The molecular formula is C16H27N. The van der Waals surface area contributed by atoms with Crippen LogP contribution < -0.4 is 0 Å². The van der Waals surface area contributed by atoms with Crippen molar-refractivity contribution < 1.29 is 0 Å². The van der Waals surface area contributed by atoms with Crippen LogP contribution in [0, 0.1) is 0 Å². The van der Waals surface area contributed by atoms with Crippen molar-refractivity contribution in [2.75, 3.05) is 0 Å². The van der Waals surface area contributed by atoms with E-state index in [0.29, 0.717) is 0 Å². The highest BCUT2D eigenvalue weighted by atomic mass is 14.9. The molecule has 0 aliphatic rings. The van der Waals surface area contributed by atoms with Crippen LogP contribution in [0.2, 0.25) is 0 Å². The van der Waals surface area contributed by atoms with Crippen LogP contribution in [0.3, 0.4) is 0 Å². The second-order valence-corrected chi connectivity index (χ2v) is 3.13. The fourth-order valence-corrected chi connectivity index (χ4v) is 1.02. The molecule has 17 heavy (non-hydrogen) atoms. The van der Waals surface area contributed by atoms with Crippen LogP contribution >= 0.6 is 0 Å². The summed E-state index contributed by atoms with van der Waals surface area (Å²) in [5, 5.41) is 0. The Bertz CT molecular complexity index is 322. The maximum atomic E-state index is 3.78. The summed E-state index contributed by atoms with van der Waals surface area (Å²) in [6.07, 6.45) is 10.00. The Labute approximate surface area is 107 Å². The molecule has 0 atom stereocenters. The highest BCUT2D eigenvalue weighted by Crippen LogP contribution is 2.06. The number of nitrogens with zero attached hydrogens (tertiary/aromatic N) is 1. The molecule has 1 rings (SSSR count). The predicted octanol–water partition coefficient (Wildman–Crippen LogP) is 5.53. The van der Waals surface area contributed by atoms with E-state index in [1.165, 1.54) is 5.57 Å². The van der Waals surface area contributed by atoms with Gasteiger partial charge in [-0.15, -0.1) is 0 Å². The Hall–Kier alpha value is -1.50. The van der Waals surface area contributed by atoms with Crippen LogP contribution in [0.15, 0.2) is 54.9 Å². The van der Waals surface area contributed by atoms with Crippen molar-refractivity contribution >= 4 is 5.70 Å². The number of rotatable bonds is 3. The molecule has 1 aromatic heterocycles. The van der Waals surface area contributed by atoms with Gasteiger partial charge in [-0.1, -0.05) is 45.9 Å². The third-order valence-electron chi connectivity index (χ3n) is 1.70. The van der Waals surface area contributed by atoms with E-state index < -0.39 is 0 Å². The summed E-state index contributed by atoms with van der Waals surface area (Å²) < 4.78 is 2.03. The smallest absolute Gasteiger partial charge is 0.0443 e. The number of hydrogen-bond donors (Lipinski definition) is 0. The van der Waals surface area contributed by atoms with E-state index in [1.54, 1.807) is 0 Å². The lowest BCUT2D eigenvalue weighted by Crippen LogP contribution is -1.88. The minimum Gasteiger partial charge on any atom is -0.324 e. The Balaban J connectivity index is 0. The lowest BCUT2D eigenvalue weighted by molar-refractivity contribution is 1.13. The molecule has 0 radical (unpaired) electrons. The van der Waals surface area contributed by atoms with Crippen molar-refractivity contribution in [1.29, 1.82) is 0 Å². The summed E-state index contributed by atoms with van der Waals surface area (Å²) in [6.45, 7) is 15.9. The van der Waals surface area contributed by atoms with Gasteiger partial charge in [-0.25, -0.2) is 0 Å². The van der Waals surface area contributed by atoms with E-state index in [1.807, 2.05) is 62.9 Å². The largest absolute Gasteiger partial charge is 0.324 e. The third kappa shape index (κ3) is 8.32. The molecule has 0 N–H and O–H groups in total. The average molecular weight is 233 g/mol. The molecule has 0 saturated carbocycles. The van der Waals surface area contributed by atoms with Crippen LogP contribution in [0.4, 0.5) is 0 Å². The van der Waals surface area contributed by atoms with Crippen molar-refractivity contribution in [2.24, 2.45) is 0 Å². The minimum atomic E-state index is 1.09. The van der Waals surface area contributed by atoms with Gasteiger partial charge in [-0.3, -0.25) is 0 Å². The summed E-state index contributed by atoms with van der Waals surface area (Å²) in [5.74, 6) is 0. The zero-order chi connectivity index (χ0) is 13.7. The van der Waals surface area contributed by atoms with E-state index in [9.17, 15) is 0 Å². The van der Waals surface area contributed by atoms with E-state index in [0.717, 1.165) is 5.70 Å². The number of hydrogen-bond acceptors (Lipinski definition) is 0. The molecule has 0 aliphatic carbocycles. The summed E-state index contributed by atoms with van der Waals surface area (Å²) in [7, 11) is 0. The molecule has 0 bridgehead atoms. The van der Waals surface area contributed by atoms with E-state index in [2.05, 4.69) is 32.6 Å². The quantitative estimate of drug-likeness (QED) is 0.605. The first kappa shape index (κ1) is 17.9. The van der Waals surface area contributed by atoms with E-state index in [4.69, 9.17) is 0 Å². The van der Waals surface area contributed by atoms with Crippen LogP contribution in [0.5, 0.6) is 0 Å². The van der Waals surface area contributed by atoms with Crippen molar-refractivity contribution in [3.8, 4) is 0 Å². The molecule has 1 heteroatoms. The van der Waals surface area contributed by atoms with Crippen LogP contribution in [-0.2, 0) is 0 Å². The fraction of sp³-hybridized carbons (Fsp3) is 0.375. The SMILES string of the molecule is C=C/C(=C\C=C(C)C)n1cccc1.CC.CC. The summed E-state index contributed by atoms with van der Waals surface area (Å²) in [5.41, 5.74) is 2.37. The normalized spacial score (nSPS) is 9.18. The van der Waals surface area contributed by atoms with Crippen molar-refractivity contribution in [3.63, 3.8) is 0 Å². The Morgan fingerprint density at radius 3 is 1.76 bits per heavy atom. The van der Waals surface area contributed by atoms with Gasteiger partial charge in [0, 0.05) is 18.1 Å². The van der Waals surface area contributed by atoms with Crippen LogP contribution in [0.25, 0.3) is 5.70 Å². The third-order valence-corrected chi connectivity index (χ3v) is 1.70. The summed E-state index contributed by atoms with van der Waals surface area (Å²) >= 11 is 0. The van der Waals surface area contributed by atoms with Gasteiger partial charge in [0.05, 0.1) is 0 Å². The lowest BCUT2D eigenvalue weighted by Gasteiger charge is -2.01. The van der Waals surface area contributed by atoms with Crippen molar-refractivity contribution in [1.82, 2.24) is 4.57 Å². The van der Waals surface area contributed by atoms with Crippen LogP contribution in [-0.4, -0.2) is 4.57 Å². The average Bonchev–Trinajstić information content (AvgIpc) is 2.89. The Kier molecular flexibility index (Phi) is 13.2. The molecule has 0 aliphatic heterocycles. The molecule has 0 unspecified atom stereocenters. The first-order valence-electron chi connectivity index (χ1n) is 6.35. The monoisotopic (exact) mass is 233 g/mol. The number of aromatic nitrogens is 1. The van der Waals surface area contributed by atoms with E-state index in [-0.39, 0.29) is 0 Å². The fourth-order valence-electron chi connectivity index (χ4n) is 1.02. The topological polar surface area (TPSA) is 4.93 Å². The van der Waals surface area contributed by atoms with Gasteiger partial charge < -0.3 is 4.57 Å². The molecule has 1 heterocycles. The highest BCUT2D eigenvalue weighted by molar-refractivity contribution is 5.58. The molecule has 96 valence electrons. The minimum absolute atomic E-state index is 1.09. The molecule has 0 amide bonds. The van der Waals surface area contributed by atoms with Gasteiger partial charge in [0.15, 0.2) is 0 Å². The first-order valence-corrected chi connectivity index (χ1v) is 6.35. The first-order chi connectivity index (χ1) is 8.24. The Morgan fingerprint density at radius 1 is 0.941 bits per heavy atom. The van der Waals surface area contributed by atoms with Gasteiger partial charge in [0.1, 0.15) is 0 Å². The maximum Gasteiger partial charge on any atom is 0.0443 e. The molecule has 0 saturated heterocycles.